The summed E-state index contributed by atoms with van der Waals surface area (Å²) in [6, 6.07) is 9.18. The van der Waals surface area contributed by atoms with E-state index in [1.54, 1.807) is 36.2 Å². The van der Waals surface area contributed by atoms with E-state index in [1.165, 1.54) is 9.13 Å². The maximum Gasteiger partial charge on any atom is 0.337 e. The summed E-state index contributed by atoms with van der Waals surface area (Å²) in [5, 5.41) is 0.855. The van der Waals surface area contributed by atoms with E-state index in [9.17, 15) is 9.59 Å². The third kappa shape index (κ3) is 2.93. The number of fused-ring (bicyclic) bond motifs is 2. The molecule has 4 rings (SSSR count). The molecule has 1 atom stereocenters. The van der Waals surface area contributed by atoms with Crippen molar-refractivity contribution in [2.24, 2.45) is 7.05 Å². The van der Waals surface area contributed by atoms with Crippen LogP contribution in [0.4, 0.5) is 11.5 Å². The summed E-state index contributed by atoms with van der Waals surface area (Å²) in [7, 11) is 3.43. The molecule has 1 aliphatic heterocycles. The van der Waals surface area contributed by atoms with Gasteiger partial charge in [0.05, 0.1) is 11.2 Å². The largest absolute Gasteiger partial charge is 0.337 e. The van der Waals surface area contributed by atoms with E-state index >= 15 is 0 Å². The first-order valence-electron chi connectivity index (χ1n) is 9.30. The van der Waals surface area contributed by atoms with Crippen LogP contribution < -0.4 is 21.0 Å². The minimum absolute atomic E-state index is 0.403. The van der Waals surface area contributed by atoms with Crippen LogP contribution in [0.1, 0.15) is 13.8 Å². The molecule has 7 nitrogen and oxygen atoms in total. The lowest BCUT2D eigenvalue weighted by Crippen LogP contribution is -2.40. The van der Waals surface area contributed by atoms with Crippen LogP contribution in [0.3, 0.4) is 0 Å². The van der Waals surface area contributed by atoms with Gasteiger partial charge >= 0.3 is 5.69 Å². The van der Waals surface area contributed by atoms with Crippen LogP contribution in [0.25, 0.3) is 16.6 Å². The maximum atomic E-state index is 13.6. The molecule has 0 radical (unpaired) electrons. The van der Waals surface area contributed by atoms with E-state index < -0.39 is 16.9 Å². The van der Waals surface area contributed by atoms with Gasteiger partial charge in [-0.3, -0.25) is 14.3 Å². The molecule has 1 aliphatic rings. The van der Waals surface area contributed by atoms with Crippen LogP contribution in [0.5, 0.6) is 0 Å². The molecule has 1 aromatic carbocycles. The van der Waals surface area contributed by atoms with Gasteiger partial charge in [0, 0.05) is 32.2 Å². The number of aromatic nitrogens is 3. The Kier molecular flexibility index (Phi) is 4.70. The van der Waals surface area contributed by atoms with Crippen molar-refractivity contribution in [3.8, 4) is 5.69 Å². The molecule has 8 heteroatoms. The second-order valence-corrected chi connectivity index (χ2v) is 7.75. The standard InChI is InChI=1S/C21H22ClN5O2/c1-13(2)10-12-26-17-18(24(3)20(26)22)25(4)21(29)27(19(17)28)15-9-5-7-14-8-6-11-23-16(14)15/h5-11,20H,12H2,1-4H3. The Bertz CT molecular complexity index is 1250. The fourth-order valence-electron chi connectivity index (χ4n) is 3.70. The Morgan fingerprint density at radius 2 is 1.90 bits per heavy atom. The van der Waals surface area contributed by atoms with E-state index in [-0.39, 0.29) is 0 Å². The zero-order chi connectivity index (χ0) is 20.9. The molecule has 0 bridgehead atoms. The highest BCUT2D eigenvalue weighted by Gasteiger charge is 2.38. The molecule has 3 heterocycles. The predicted molar refractivity (Wildman–Crippen MR) is 117 cm³/mol. The van der Waals surface area contributed by atoms with Crippen LogP contribution >= 0.6 is 11.6 Å². The Morgan fingerprint density at radius 3 is 2.62 bits per heavy atom. The average molecular weight is 412 g/mol. The molecule has 2 aromatic heterocycles. The zero-order valence-electron chi connectivity index (χ0n) is 16.8. The Hall–Kier alpha value is -3.06. The van der Waals surface area contributed by atoms with Crippen molar-refractivity contribution >= 4 is 34.0 Å². The monoisotopic (exact) mass is 411 g/mol. The zero-order valence-corrected chi connectivity index (χ0v) is 17.5. The van der Waals surface area contributed by atoms with Crippen LogP contribution in [0, 0.1) is 0 Å². The highest BCUT2D eigenvalue weighted by molar-refractivity contribution is 6.24. The third-order valence-electron chi connectivity index (χ3n) is 5.16. The molecule has 29 heavy (non-hydrogen) atoms. The highest BCUT2D eigenvalue weighted by atomic mass is 35.5. The van der Waals surface area contributed by atoms with Gasteiger partial charge in [-0.05, 0) is 26.0 Å². The number of halogens is 1. The van der Waals surface area contributed by atoms with E-state index in [4.69, 9.17) is 11.6 Å². The first-order valence-corrected chi connectivity index (χ1v) is 9.73. The first kappa shape index (κ1) is 19.3. The SMILES string of the molecule is CC(C)=CCN1c2c(n(C)c(=O)n(-c3cccc4cccnc34)c2=O)N(C)C1Cl. The Morgan fingerprint density at radius 1 is 1.17 bits per heavy atom. The molecule has 0 aliphatic carbocycles. The first-order chi connectivity index (χ1) is 13.8. The molecular formula is C21H22ClN5O2. The summed E-state index contributed by atoms with van der Waals surface area (Å²) >= 11 is 6.61. The van der Waals surface area contributed by atoms with Crippen molar-refractivity contribution in [2.75, 3.05) is 23.4 Å². The van der Waals surface area contributed by atoms with Crippen LogP contribution in [0.15, 0.2) is 57.8 Å². The molecular weight excluding hydrogens is 390 g/mol. The quantitative estimate of drug-likeness (QED) is 0.377. The van der Waals surface area contributed by atoms with Gasteiger partial charge < -0.3 is 9.80 Å². The van der Waals surface area contributed by atoms with E-state index in [0.717, 1.165) is 11.0 Å². The van der Waals surface area contributed by atoms with Crippen LogP contribution in [0.2, 0.25) is 0 Å². The third-order valence-corrected chi connectivity index (χ3v) is 5.69. The molecule has 0 fully saturated rings. The molecule has 150 valence electrons. The second-order valence-electron chi connectivity index (χ2n) is 7.36. The summed E-state index contributed by atoms with van der Waals surface area (Å²) in [5.41, 5.74) is 1.16. The van der Waals surface area contributed by atoms with Crippen molar-refractivity contribution in [3.63, 3.8) is 0 Å². The molecule has 0 saturated heterocycles. The Labute approximate surface area is 173 Å². The topological polar surface area (TPSA) is 63.4 Å². The summed E-state index contributed by atoms with van der Waals surface area (Å²) < 4.78 is 2.66. The summed E-state index contributed by atoms with van der Waals surface area (Å²) in [6.07, 6.45) is 3.66. The number of alkyl halides is 1. The minimum Gasteiger partial charge on any atom is -0.327 e. The molecule has 3 aromatic rings. The van der Waals surface area contributed by atoms with Crippen LogP contribution in [-0.2, 0) is 7.05 Å². The van der Waals surface area contributed by atoms with Gasteiger partial charge in [-0.1, -0.05) is 41.4 Å². The maximum absolute atomic E-state index is 13.6. The molecule has 0 N–H and O–H groups in total. The van der Waals surface area contributed by atoms with Gasteiger partial charge in [-0.25, -0.2) is 9.36 Å². The number of allylic oxidation sites excluding steroid dienone is 1. The van der Waals surface area contributed by atoms with Gasteiger partial charge in [0.1, 0.15) is 11.5 Å². The van der Waals surface area contributed by atoms with Crippen molar-refractivity contribution in [1.29, 1.82) is 0 Å². The number of anilines is 2. The molecule has 1 unspecified atom stereocenters. The summed E-state index contributed by atoms with van der Waals surface area (Å²) in [4.78, 5) is 34.8. The predicted octanol–water partition coefficient (Wildman–Crippen LogP) is 2.83. The summed E-state index contributed by atoms with van der Waals surface area (Å²) in [5.74, 6) is 0.506. The lowest BCUT2D eigenvalue weighted by Gasteiger charge is -2.23. The number of nitrogens with zero attached hydrogens (tertiary/aromatic N) is 5. The van der Waals surface area contributed by atoms with Crippen molar-refractivity contribution in [1.82, 2.24) is 14.1 Å². The van der Waals surface area contributed by atoms with E-state index in [2.05, 4.69) is 4.98 Å². The van der Waals surface area contributed by atoms with Crippen molar-refractivity contribution in [3.05, 3.63) is 69.0 Å². The van der Waals surface area contributed by atoms with Gasteiger partial charge in [0.25, 0.3) is 5.56 Å². The number of hydrogen-bond donors (Lipinski definition) is 0. The van der Waals surface area contributed by atoms with Gasteiger partial charge in [0.15, 0.2) is 5.62 Å². The molecule has 0 amide bonds. The van der Waals surface area contributed by atoms with Crippen molar-refractivity contribution < 1.29 is 0 Å². The average Bonchev–Trinajstić information content (AvgIpc) is 2.96. The number of pyridine rings is 1. The van der Waals surface area contributed by atoms with Crippen molar-refractivity contribution in [2.45, 2.75) is 19.5 Å². The Balaban J connectivity index is 2.05. The van der Waals surface area contributed by atoms with E-state index in [1.807, 2.05) is 44.2 Å². The second kappa shape index (κ2) is 7.08. The van der Waals surface area contributed by atoms with E-state index in [0.29, 0.717) is 29.3 Å². The lowest BCUT2D eigenvalue weighted by molar-refractivity contribution is 0.736. The number of benzene rings is 1. The smallest absolute Gasteiger partial charge is 0.327 e. The molecule has 0 spiro atoms. The van der Waals surface area contributed by atoms with Gasteiger partial charge in [0.2, 0.25) is 0 Å². The molecule has 0 saturated carbocycles. The fraction of sp³-hybridized carbons (Fsp3) is 0.286. The lowest BCUT2D eigenvalue weighted by atomic mass is 10.2. The number of hydrogen-bond acceptors (Lipinski definition) is 5. The normalized spacial score (nSPS) is 15.7. The highest BCUT2D eigenvalue weighted by Crippen LogP contribution is 2.36. The fourth-order valence-corrected chi connectivity index (χ4v) is 3.97. The summed E-state index contributed by atoms with van der Waals surface area (Å²) in [6.45, 7) is 4.45. The number of rotatable bonds is 3. The minimum atomic E-state index is -0.569. The van der Waals surface area contributed by atoms with Gasteiger partial charge in [-0.15, -0.1) is 0 Å². The van der Waals surface area contributed by atoms with Crippen LogP contribution in [-0.4, -0.2) is 33.3 Å². The van der Waals surface area contributed by atoms with Gasteiger partial charge in [-0.2, -0.15) is 0 Å². The number of para-hydroxylation sites is 1.